The smallest absolute Gasteiger partial charge is 0.269 e. The molecule has 0 aliphatic carbocycles. The molecule has 0 radical (unpaired) electrons. The second kappa shape index (κ2) is 16.1. The quantitative estimate of drug-likeness (QED) is 0.134. The number of carbonyl (C=O) groups excluding carboxylic acids is 5. The highest BCUT2D eigenvalue weighted by atomic mass is 33.1. The van der Waals surface area contributed by atoms with E-state index in [-0.39, 0.29) is 41.7 Å². The molecule has 0 aromatic heterocycles. The number of rotatable bonds is 8. The molecule has 1 saturated heterocycles. The number of aromatic hydroxyl groups is 1. The van der Waals surface area contributed by atoms with E-state index in [0.717, 1.165) is 16.7 Å². The van der Waals surface area contributed by atoms with Crippen molar-refractivity contribution in [3.8, 4) is 5.75 Å². The number of benzene rings is 2. The standard InChI is InChI=1S/C29H36N6O8S2/c1-15-8-20(36)9-16(2)26(15)17(3)10-24(37)33-23-14-45-44-13-22(27(30)39)34-29(41)21(32-25(38)12-31-28(23)40)11-18-4-6-19(7-5-18)35(42)43/h4-9,17,21-23,36H,10-14H2,1-3H3,(H2,30,39)(H,31,40)(H,32,38)(H,33,37)(H,34,41)/t17-,21-,22+,23-/m0/s1. The fraction of sp³-hybridized carbons (Fsp3) is 0.414. The normalized spacial score (nSPS) is 20.5. The number of aryl methyl sites for hydroxylation is 2. The van der Waals surface area contributed by atoms with E-state index < -0.39 is 59.1 Å². The topological polar surface area (TPSA) is 223 Å². The number of nitrogens with two attached hydrogens (primary N) is 1. The average molecular weight is 661 g/mol. The minimum Gasteiger partial charge on any atom is -0.508 e. The number of nitrogens with zero attached hydrogens (tertiary/aromatic N) is 1. The Kier molecular flexibility index (Phi) is 12.6. The van der Waals surface area contributed by atoms with E-state index in [1.54, 1.807) is 12.1 Å². The minimum absolute atomic E-state index is 0.0443. The molecule has 0 unspecified atom stereocenters. The lowest BCUT2D eigenvalue weighted by atomic mass is 9.89. The van der Waals surface area contributed by atoms with Gasteiger partial charge in [0.25, 0.3) is 5.69 Å². The molecule has 7 N–H and O–H groups in total. The van der Waals surface area contributed by atoms with E-state index in [0.29, 0.717) is 5.56 Å². The van der Waals surface area contributed by atoms with Crippen LogP contribution in [0.1, 0.15) is 41.5 Å². The van der Waals surface area contributed by atoms with Crippen LogP contribution in [0.2, 0.25) is 0 Å². The molecule has 1 aliphatic rings. The first-order chi connectivity index (χ1) is 21.2. The predicted molar refractivity (Wildman–Crippen MR) is 170 cm³/mol. The Morgan fingerprint density at radius 1 is 1.07 bits per heavy atom. The van der Waals surface area contributed by atoms with Crippen molar-refractivity contribution in [2.24, 2.45) is 5.73 Å². The Bertz CT molecular complexity index is 1430. The molecule has 242 valence electrons. The van der Waals surface area contributed by atoms with E-state index >= 15 is 0 Å². The van der Waals surface area contributed by atoms with Crippen molar-refractivity contribution in [3.63, 3.8) is 0 Å². The molecule has 45 heavy (non-hydrogen) atoms. The van der Waals surface area contributed by atoms with Gasteiger partial charge in [0.2, 0.25) is 29.5 Å². The van der Waals surface area contributed by atoms with Gasteiger partial charge in [0.15, 0.2) is 0 Å². The Balaban J connectivity index is 1.73. The molecule has 0 spiro atoms. The number of nitrogens with one attached hydrogen (secondary N) is 4. The van der Waals surface area contributed by atoms with Gasteiger partial charge in [-0.3, -0.25) is 34.1 Å². The highest BCUT2D eigenvalue weighted by Crippen LogP contribution is 2.30. The highest BCUT2D eigenvalue weighted by molar-refractivity contribution is 8.76. The van der Waals surface area contributed by atoms with Crippen LogP contribution in [0.15, 0.2) is 36.4 Å². The minimum atomic E-state index is -1.19. The number of nitro groups is 1. The molecular formula is C29H36N6O8S2. The van der Waals surface area contributed by atoms with Gasteiger partial charge < -0.3 is 32.1 Å². The average Bonchev–Trinajstić information content (AvgIpc) is 2.95. The number of amides is 5. The van der Waals surface area contributed by atoms with E-state index in [1.807, 2.05) is 20.8 Å². The fourth-order valence-electron chi connectivity index (χ4n) is 4.98. The number of hydrogen-bond acceptors (Lipinski definition) is 10. The fourth-order valence-corrected chi connectivity index (χ4v) is 7.32. The summed E-state index contributed by atoms with van der Waals surface area (Å²) in [6.45, 7) is 5.06. The molecule has 1 aliphatic heterocycles. The van der Waals surface area contributed by atoms with Crippen LogP contribution in [0.4, 0.5) is 5.69 Å². The lowest BCUT2D eigenvalue weighted by molar-refractivity contribution is -0.384. The van der Waals surface area contributed by atoms with Gasteiger partial charge in [0, 0.05) is 36.5 Å². The third-order valence-electron chi connectivity index (χ3n) is 7.09. The second-order valence-electron chi connectivity index (χ2n) is 10.7. The number of carbonyl (C=O) groups is 5. The van der Waals surface area contributed by atoms with Crippen molar-refractivity contribution in [2.45, 2.75) is 57.7 Å². The number of phenols is 1. The Labute approximate surface area is 267 Å². The van der Waals surface area contributed by atoms with Crippen LogP contribution in [0, 0.1) is 24.0 Å². The predicted octanol–water partition coefficient (Wildman–Crippen LogP) is 1.10. The van der Waals surface area contributed by atoms with E-state index in [9.17, 15) is 39.2 Å². The number of hydrogen-bond donors (Lipinski definition) is 6. The molecule has 2 aromatic rings. The Hall–Kier alpha value is -4.31. The van der Waals surface area contributed by atoms with Gasteiger partial charge in [-0.15, -0.1) is 0 Å². The van der Waals surface area contributed by atoms with Gasteiger partial charge in [-0.2, -0.15) is 0 Å². The molecule has 0 saturated carbocycles. The maximum absolute atomic E-state index is 13.1. The van der Waals surface area contributed by atoms with Crippen LogP contribution in [-0.4, -0.2) is 75.7 Å². The second-order valence-corrected chi connectivity index (χ2v) is 13.3. The lowest BCUT2D eigenvalue weighted by Crippen LogP contribution is -2.56. The molecule has 1 fully saturated rings. The van der Waals surface area contributed by atoms with Gasteiger partial charge in [0.05, 0.1) is 11.5 Å². The van der Waals surface area contributed by atoms with Crippen molar-refractivity contribution in [1.82, 2.24) is 21.3 Å². The zero-order chi connectivity index (χ0) is 33.3. The van der Waals surface area contributed by atoms with Crippen LogP contribution < -0.4 is 27.0 Å². The van der Waals surface area contributed by atoms with Gasteiger partial charge in [-0.1, -0.05) is 40.6 Å². The molecule has 2 aromatic carbocycles. The monoisotopic (exact) mass is 660 g/mol. The van der Waals surface area contributed by atoms with Crippen molar-refractivity contribution in [2.75, 3.05) is 18.1 Å². The zero-order valence-corrected chi connectivity index (χ0v) is 26.6. The first kappa shape index (κ1) is 35.2. The van der Waals surface area contributed by atoms with Crippen molar-refractivity contribution < 1.29 is 34.0 Å². The molecule has 16 heteroatoms. The summed E-state index contributed by atoms with van der Waals surface area (Å²) in [7, 11) is 2.36. The molecule has 3 rings (SSSR count). The van der Waals surface area contributed by atoms with Crippen LogP contribution in [0.5, 0.6) is 5.75 Å². The third-order valence-corrected chi connectivity index (χ3v) is 9.51. The summed E-state index contributed by atoms with van der Waals surface area (Å²) in [6, 6.07) is 5.36. The van der Waals surface area contributed by atoms with Crippen molar-refractivity contribution in [1.29, 1.82) is 0 Å². The molecule has 14 nitrogen and oxygen atoms in total. The SMILES string of the molecule is Cc1cc(O)cc(C)c1[C@@H](C)CC(=O)N[C@H]1CSSC[C@H](C(N)=O)NC(=O)[C@H](Cc2ccc([N+](=O)[O-])cc2)NC(=O)CNC1=O. The van der Waals surface area contributed by atoms with Crippen molar-refractivity contribution in [3.05, 3.63) is 68.8 Å². The summed E-state index contributed by atoms with van der Waals surface area (Å²) in [4.78, 5) is 74.6. The van der Waals surface area contributed by atoms with Crippen LogP contribution in [0.3, 0.4) is 0 Å². The molecule has 5 amide bonds. The number of phenolic OH excluding ortho intramolecular Hbond substituents is 1. The maximum atomic E-state index is 13.1. The Morgan fingerprint density at radius 3 is 2.29 bits per heavy atom. The third kappa shape index (κ3) is 10.4. The summed E-state index contributed by atoms with van der Waals surface area (Å²) < 4.78 is 0. The van der Waals surface area contributed by atoms with E-state index in [2.05, 4.69) is 21.3 Å². The van der Waals surface area contributed by atoms with Gasteiger partial charge in [0.1, 0.15) is 23.9 Å². The van der Waals surface area contributed by atoms with E-state index in [4.69, 9.17) is 5.73 Å². The highest BCUT2D eigenvalue weighted by Gasteiger charge is 2.29. The van der Waals surface area contributed by atoms with E-state index in [1.165, 1.54) is 45.9 Å². The maximum Gasteiger partial charge on any atom is 0.269 e. The van der Waals surface area contributed by atoms with Gasteiger partial charge in [-0.25, -0.2) is 0 Å². The summed E-state index contributed by atoms with van der Waals surface area (Å²) in [6.07, 6.45) is 0.00235. The summed E-state index contributed by atoms with van der Waals surface area (Å²) in [5, 5.41) is 31.2. The first-order valence-corrected chi connectivity index (χ1v) is 16.5. The molecule has 4 atom stereocenters. The van der Waals surface area contributed by atoms with Crippen LogP contribution in [-0.2, 0) is 30.4 Å². The molecule has 0 bridgehead atoms. The number of primary amides is 1. The largest absolute Gasteiger partial charge is 0.508 e. The molecule has 1 heterocycles. The zero-order valence-electron chi connectivity index (χ0n) is 25.0. The van der Waals surface area contributed by atoms with Gasteiger partial charge in [-0.05, 0) is 54.2 Å². The van der Waals surface area contributed by atoms with Gasteiger partial charge >= 0.3 is 0 Å². The first-order valence-electron chi connectivity index (χ1n) is 14.0. The van der Waals surface area contributed by atoms with Crippen LogP contribution >= 0.6 is 21.6 Å². The lowest BCUT2D eigenvalue weighted by Gasteiger charge is -2.24. The Morgan fingerprint density at radius 2 is 1.69 bits per heavy atom. The van der Waals surface area contributed by atoms with Crippen LogP contribution in [0.25, 0.3) is 0 Å². The number of nitro benzene ring substituents is 1. The number of non-ortho nitro benzene ring substituents is 1. The molecular weight excluding hydrogens is 624 g/mol. The summed E-state index contributed by atoms with van der Waals surface area (Å²) >= 11 is 0. The summed E-state index contributed by atoms with van der Waals surface area (Å²) in [5.74, 6) is -3.16. The summed E-state index contributed by atoms with van der Waals surface area (Å²) in [5.41, 5.74) is 8.46. The van der Waals surface area contributed by atoms with Crippen molar-refractivity contribution >= 4 is 56.8 Å².